The lowest BCUT2D eigenvalue weighted by Gasteiger charge is -2.28. The van der Waals surface area contributed by atoms with Crippen LogP contribution in [-0.4, -0.2) is 13.2 Å². The average molecular weight is 1030 g/mol. The summed E-state index contributed by atoms with van der Waals surface area (Å²) in [6.45, 7) is 16.4. The van der Waals surface area contributed by atoms with Gasteiger partial charge in [0.15, 0.2) is 0 Å². The van der Waals surface area contributed by atoms with Crippen LogP contribution in [0.25, 0.3) is 0 Å². The molecule has 0 unspecified atom stereocenters. The Hall–Kier alpha value is -8.00. The second-order valence-corrected chi connectivity index (χ2v) is 22.6. The van der Waals surface area contributed by atoms with Gasteiger partial charge < -0.3 is 28.4 Å². The first-order valence-electron chi connectivity index (χ1n) is 27.3. The highest BCUT2D eigenvalue weighted by molar-refractivity contribution is 5.59. The molecule has 0 atom stereocenters. The Morgan fingerprint density at radius 1 is 0.346 bits per heavy atom. The zero-order valence-electron chi connectivity index (χ0n) is 46.1. The van der Waals surface area contributed by atoms with Crippen LogP contribution < -0.4 is 18.9 Å². The number of ether oxygens (including phenoxy) is 6. The molecule has 0 amide bonds. The van der Waals surface area contributed by atoms with E-state index < -0.39 is 0 Å². The topological polar surface area (TPSA) is 55.4 Å². The van der Waals surface area contributed by atoms with Crippen LogP contribution in [0.4, 0.5) is 0 Å². The zero-order chi connectivity index (χ0) is 53.9. The van der Waals surface area contributed by atoms with Crippen LogP contribution in [0.5, 0.6) is 23.0 Å². The van der Waals surface area contributed by atoms with E-state index in [4.69, 9.17) is 28.4 Å². The van der Waals surface area contributed by atoms with Crippen molar-refractivity contribution in [3.05, 3.63) is 259 Å². The molecule has 0 saturated heterocycles. The predicted molar refractivity (Wildman–Crippen MR) is 312 cm³/mol. The van der Waals surface area contributed by atoms with E-state index in [9.17, 15) is 0 Å². The van der Waals surface area contributed by atoms with Gasteiger partial charge in [0, 0.05) is 25.7 Å². The lowest BCUT2D eigenvalue weighted by molar-refractivity contribution is 0.153. The molecule has 8 aromatic rings. The molecule has 2 heterocycles. The van der Waals surface area contributed by atoms with Crippen LogP contribution in [0.1, 0.15) is 131 Å². The Morgan fingerprint density at radius 3 is 0.833 bits per heavy atom. The van der Waals surface area contributed by atoms with E-state index in [1.807, 2.05) is 24.3 Å². The largest absolute Gasteiger partial charge is 0.488 e. The summed E-state index contributed by atoms with van der Waals surface area (Å²) in [6.07, 6.45) is 2.07. The van der Waals surface area contributed by atoms with Crippen molar-refractivity contribution in [2.24, 2.45) is 0 Å². The zero-order valence-corrected chi connectivity index (χ0v) is 46.1. The summed E-state index contributed by atoms with van der Waals surface area (Å²) < 4.78 is 41.8. The first-order chi connectivity index (χ1) is 37.9. The Morgan fingerprint density at radius 2 is 0.590 bits per heavy atom. The summed E-state index contributed by atoms with van der Waals surface area (Å²) in [5.41, 5.74) is 16.8. The van der Waals surface area contributed by atoms with Gasteiger partial charge in [-0.3, -0.25) is 0 Å². The summed E-state index contributed by atoms with van der Waals surface area (Å²) in [5.74, 6) is 15.6. The minimum atomic E-state index is -0.207. The van der Waals surface area contributed by atoms with Gasteiger partial charge in [0.25, 0.3) is 0 Å². The van der Waals surface area contributed by atoms with Crippen LogP contribution in [0.3, 0.4) is 0 Å². The normalized spacial score (nSPS) is 13.5. The molecule has 3 aliphatic rings. The quantitative estimate of drug-likeness (QED) is 0.114. The second kappa shape index (κ2) is 24.6. The maximum absolute atomic E-state index is 7.26. The standard InChI is InChI=1S/C72H70O6/c1-71(2,3)65-41-61-37-57-33-55-35-59(67(57)75-47-51-23-13-9-14-24-51)39-63-43-66(72(4,5)6)44-64(70(63)78-50-54-29-19-12-20-30-54)40-60-36-56(46-74-32-22-8-7-21-31-73-45-55)34-58(68(60)76-48-52-25-15-10-16-26-52)38-62(42-65)69(61)77-49-53-27-17-11-18-28-53/h9-20,23-30,33-36,41-44H,31-32,37-40,45-50H2,1-6H3. The van der Waals surface area contributed by atoms with Gasteiger partial charge in [-0.05, 0) is 136 Å². The molecule has 2 aliphatic heterocycles. The average Bonchev–Trinajstić information content (AvgIpc) is 3.44. The van der Waals surface area contributed by atoms with Crippen molar-refractivity contribution in [3.8, 4) is 46.7 Å². The lowest BCUT2D eigenvalue weighted by atomic mass is 9.81. The molecule has 0 radical (unpaired) electrons. The molecule has 78 heavy (non-hydrogen) atoms. The molecular formula is C72H70O6. The summed E-state index contributed by atoms with van der Waals surface area (Å²) >= 11 is 0. The minimum absolute atomic E-state index is 0.207. The second-order valence-electron chi connectivity index (χ2n) is 22.6. The molecule has 0 aromatic heterocycles. The number of benzene rings is 8. The van der Waals surface area contributed by atoms with E-state index in [0.29, 0.717) is 65.3 Å². The maximum Gasteiger partial charge on any atom is 0.126 e. The maximum atomic E-state index is 7.26. The highest BCUT2D eigenvalue weighted by Crippen LogP contribution is 2.44. The summed E-state index contributed by atoms with van der Waals surface area (Å²) in [7, 11) is 0. The Balaban J connectivity index is 1.29. The van der Waals surface area contributed by atoms with Gasteiger partial charge in [-0.25, -0.2) is 0 Å². The van der Waals surface area contributed by atoms with Crippen molar-refractivity contribution >= 4 is 0 Å². The van der Waals surface area contributed by atoms with Crippen molar-refractivity contribution in [2.75, 3.05) is 13.2 Å². The van der Waals surface area contributed by atoms with Crippen molar-refractivity contribution in [1.29, 1.82) is 0 Å². The highest BCUT2D eigenvalue weighted by atomic mass is 16.5. The van der Waals surface area contributed by atoms with Gasteiger partial charge in [0.05, 0.1) is 13.2 Å². The van der Waals surface area contributed by atoms with Gasteiger partial charge >= 0.3 is 0 Å². The van der Waals surface area contributed by atoms with E-state index >= 15 is 0 Å². The molecule has 10 bridgehead atoms. The summed E-state index contributed by atoms with van der Waals surface area (Å²) in [4.78, 5) is 0. The predicted octanol–water partition coefficient (Wildman–Crippen LogP) is 15.3. The molecule has 6 heteroatoms. The SMILES string of the molecule is CC(C)(C)c1cc2c(OCc3ccccc3)c(c1)Cc1cc3cc(c1OCc1ccccc1)Cc1cc(C(C)(C)C)cc(c1OCc1ccccc1)Cc1cc(cc(c1OCc1ccccc1)C2)COCC#CC#CCOC3. The summed E-state index contributed by atoms with van der Waals surface area (Å²) in [5, 5.41) is 0. The number of rotatable bonds is 12. The van der Waals surface area contributed by atoms with E-state index in [1.54, 1.807) is 0 Å². The van der Waals surface area contributed by atoms with Crippen molar-refractivity contribution in [1.82, 2.24) is 0 Å². The molecule has 6 nitrogen and oxygen atoms in total. The molecular weight excluding hydrogens is 961 g/mol. The number of fused-ring (bicyclic) bond motifs is 7. The summed E-state index contributed by atoms with van der Waals surface area (Å²) in [6, 6.07) is 60.2. The van der Waals surface area contributed by atoms with Crippen molar-refractivity contribution < 1.29 is 28.4 Å². The van der Waals surface area contributed by atoms with Gasteiger partial charge in [-0.2, -0.15) is 0 Å². The Kier molecular flexibility index (Phi) is 16.8. The van der Waals surface area contributed by atoms with Crippen LogP contribution in [0.15, 0.2) is 170 Å². The molecule has 8 aromatic carbocycles. The van der Waals surface area contributed by atoms with Gasteiger partial charge in [0.1, 0.15) is 62.6 Å². The first kappa shape index (κ1) is 53.4. The van der Waals surface area contributed by atoms with E-state index in [2.05, 4.69) is 211 Å². The third-order valence-corrected chi connectivity index (χ3v) is 14.4. The smallest absolute Gasteiger partial charge is 0.126 e. The van der Waals surface area contributed by atoms with E-state index in [-0.39, 0.29) is 24.0 Å². The molecule has 0 fully saturated rings. The fourth-order valence-corrected chi connectivity index (χ4v) is 10.3. The minimum Gasteiger partial charge on any atom is -0.488 e. The molecule has 11 rings (SSSR count). The molecule has 0 N–H and O–H groups in total. The third kappa shape index (κ3) is 13.7. The lowest BCUT2D eigenvalue weighted by Crippen LogP contribution is -2.16. The number of hydrogen-bond donors (Lipinski definition) is 0. The first-order valence-corrected chi connectivity index (χ1v) is 27.3. The molecule has 394 valence electrons. The molecule has 0 spiro atoms. The van der Waals surface area contributed by atoms with Crippen LogP contribution in [-0.2, 0) is 85.6 Å². The van der Waals surface area contributed by atoms with Gasteiger partial charge in [-0.15, -0.1) is 0 Å². The Bertz CT molecular complexity index is 3140. The highest BCUT2D eigenvalue weighted by Gasteiger charge is 2.28. The molecule has 1 aliphatic carbocycles. The monoisotopic (exact) mass is 1030 g/mol. The van der Waals surface area contributed by atoms with Crippen molar-refractivity contribution in [2.45, 2.75) is 118 Å². The van der Waals surface area contributed by atoms with E-state index in [0.717, 1.165) is 101 Å². The van der Waals surface area contributed by atoms with Crippen LogP contribution >= 0.6 is 0 Å². The van der Waals surface area contributed by atoms with Gasteiger partial charge in [-0.1, -0.05) is 199 Å². The van der Waals surface area contributed by atoms with Crippen LogP contribution in [0.2, 0.25) is 0 Å². The fraction of sp³-hybridized carbons (Fsp3) is 0.278. The van der Waals surface area contributed by atoms with Crippen molar-refractivity contribution in [3.63, 3.8) is 0 Å². The van der Waals surface area contributed by atoms with E-state index in [1.165, 1.54) is 11.1 Å². The molecule has 0 saturated carbocycles. The van der Waals surface area contributed by atoms with Crippen LogP contribution in [0, 0.1) is 23.7 Å². The number of hydrogen-bond acceptors (Lipinski definition) is 6. The fourth-order valence-electron chi connectivity index (χ4n) is 10.3. The third-order valence-electron chi connectivity index (χ3n) is 14.4. The Labute approximate surface area is 462 Å². The van der Waals surface area contributed by atoms with Gasteiger partial charge in [0.2, 0.25) is 0 Å².